The molecule has 1 rings (SSSR count). The number of rotatable bonds is 9. The average Bonchev–Trinajstić information content (AvgIpc) is 2.59. The number of carbonyl (C=O) groups excluding carboxylic acids is 3. The molecule has 1 atom stereocenters. The van der Waals surface area contributed by atoms with Crippen molar-refractivity contribution in [1.82, 2.24) is 20.9 Å². The molecule has 0 aromatic heterocycles. The van der Waals surface area contributed by atoms with Crippen molar-refractivity contribution in [3.63, 3.8) is 0 Å². The molecule has 0 aromatic carbocycles. The van der Waals surface area contributed by atoms with Gasteiger partial charge in [-0.05, 0) is 25.8 Å². The van der Waals surface area contributed by atoms with Gasteiger partial charge in [0.25, 0.3) is 0 Å². The van der Waals surface area contributed by atoms with Gasteiger partial charge in [-0.25, -0.2) is 4.79 Å². The second kappa shape index (κ2) is 11.8. The number of amides is 4. The molecule has 1 unspecified atom stereocenters. The number of nitrogens with zero attached hydrogens (tertiary/aromatic N) is 1. The zero-order chi connectivity index (χ0) is 20.3. The zero-order valence-corrected chi connectivity index (χ0v) is 15.7. The van der Waals surface area contributed by atoms with Gasteiger partial charge in [-0.15, -0.1) is 0 Å². The minimum Gasteiger partial charge on any atom is -0.356 e. The second-order valence-electron chi connectivity index (χ2n) is 6.77. The van der Waals surface area contributed by atoms with Crippen LogP contribution in [0.15, 0.2) is 0 Å². The quantitative estimate of drug-likeness (QED) is 0.520. The van der Waals surface area contributed by atoms with E-state index in [1.165, 1.54) is 0 Å². The highest BCUT2D eigenvalue weighted by Gasteiger charge is 2.29. The Morgan fingerprint density at radius 3 is 2.52 bits per heavy atom. The zero-order valence-electron chi connectivity index (χ0n) is 15.7. The van der Waals surface area contributed by atoms with Crippen molar-refractivity contribution in [2.24, 2.45) is 5.92 Å². The Hall–Kier alpha value is -1.84. The van der Waals surface area contributed by atoms with Crippen molar-refractivity contribution in [2.75, 3.05) is 32.7 Å². The van der Waals surface area contributed by atoms with Gasteiger partial charge in [0, 0.05) is 13.1 Å². The molecule has 1 fully saturated rings. The van der Waals surface area contributed by atoms with E-state index in [0.717, 1.165) is 38.5 Å². The van der Waals surface area contributed by atoms with Crippen molar-refractivity contribution in [2.45, 2.75) is 51.6 Å². The van der Waals surface area contributed by atoms with E-state index >= 15 is 0 Å². The summed E-state index contributed by atoms with van der Waals surface area (Å²) in [7, 11) is 0. The van der Waals surface area contributed by atoms with Crippen molar-refractivity contribution >= 4 is 17.8 Å². The van der Waals surface area contributed by atoms with Crippen LogP contribution in [0.2, 0.25) is 0 Å². The number of likely N-dealkylation sites (tertiary alicyclic amines) is 1. The molecule has 0 spiro atoms. The molecule has 3 N–H and O–H groups in total. The number of imide groups is 1. The fraction of sp³-hybridized carbons (Fsp3) is 0.824. The van der Waals surface area contributed by atoms with Gasteiger partial charge >= 0.3 is 12.2 Å². The minimum absolute atomic E-state index is 0.0421. The lowest BCUT2D eigenvalue weighted by Crippen LogP contribution is -2.49. The summed E-state index contributed by atoms with van der Waals surface area (Å²) in [6.45, 7) is 2.09. The number of nitrogens with one attached hydrogen (secondary N) is 3. The minimum atomic E-state index is -4.54. The summed E-state index contributed by atoms with van der Waals surface area (Å²) in [6, 6.07) is -1.18. The fourth-order valence-corrected chi connectivity index (χ4v) is 2.91. The highest BCUT2D eigenvalue weighted by atomic mass is 19.4. The third-order valence-corrected chi connectivity index (χ3v) is 4.28. The molecule has 1 aliphatic rings. The number of alkyl halides is 3. The fourth-order valence-electron chi connectivity index (χ4n) is 2.91. The number of unbranched alkanes of at least 4 members (excludes halogenated alkanes) is 3. The Kier molecular flexibility index (Phi) is 10.1. The summed E-state index contributed by atoms with van der Waals surface area (Å²) in [6.07, 6.45) is 1.20. The Labute approximate surface area is 157 Å². The summed E-state index contributed by atoms with van der Waals surface area (Å²) < 4.78 is 36.1. The predicted molar refractivity (Wildman–Crippen MR) is 93.9 cm³/mol. The molecule has 7 nitrogen and oxygen atoms in total. The largest absolute Gasteiger partial charge is 0.405 e. The van der Waals surface area contributed by atoms with Crippen LogP contribution in [0.5, 0.6) is 0 Å². The molecule has 0 bridgehead atoms. The molecule has 1 saturated heterocycles. The highest BCUT2D eigenvalue weighted by molar-refractivity contribution is 5.95. The van der Waals surface area contributed by atoms with Crippen LogP contribution in [0.1, 0.15) is 45.4 Å². The van der Waals surface area contributed by atoms with Gasteiger partial charge < -0.3 is 10.6 Å². The van der Waals surface area contributed by atoms with E-state index < -0.39 is 24.7 Å². The molecule has 156 valence electrons. The van der Waals surface area contributed by atoms with Gasteiger partial charge in [0.2, 0.25) is 11.8 Å². The van der Waals surface area contributed by atoms with Crippen molar-refractivity contribution < 1.29 is 27.6 Å². The Morgan fingerprint density at radius 2 is 1.85 bits per heavy atom. The topological polar surface area (TPSA) is 90.5 Å². The molecule has 1 heterocycles. The van der Waals surface area contributed by atoms with Crippen LogP contribution in [0.4, 0.5) is 18.0 Å². The van der Waals surface area contributed by atoms with E-state index in [-0.39, 0.29) is 18.4 Å². The number of urea groups is 1. The van der Waals surface area contributed by atoms with Gasteiger partial charge in [0.1, 0.15) is 6.54 Å². The van der Waals surface area contributed by atoms with Crippen LogP contribution in [-0.4, -0.2) is 61.6 Å². The van der Waals surface area contributed by atoms with Crippen LogP contribution < -0.4 is 16.0 Å². The van der Waals surface area contributed by atoms with Gasteiger partial charge in [-0.2, -0.15) is 13.2 Å². The Bertz CT molecular complexity index is 500. The second-order valence-corrected chi connectivity index (χ2v) is 6.77. The monoisotopic (exact) mass is 394 g/mol. The molecule has 0 saturated carbocycles. The first-order valence-electron chi connectivity index (χ1n) is 9.35. The van der Waals surface area contributed by atoms with Gasteiger partial charge in [0.15, 0.2) is 0 Å². The molecule has 0 aromatic rings. The van der Waals surface area contributed by atoms with E-state index in [1.54, 1.807) is 10.2 Å². The lowest BCUT2D eigenvalue weighted by Gasteiger charge is -2.31. The number of halogens is 3. The maximum absolute atomic E-state index is 12.2. The predicted octanol–water partition coefficient (Wildman–Crippen LogP) is 1.78. The average molecular weight is 394 g/mol. The smallest absolute Gasteiger partial charge is 0.356 e. The molecular weight excluding hydrogens is 365 g/mol. The SMILES string of the molecule is CCCCCCNC(=O)C1CCCN(CC(=O)NC(=O)NCC(F)(F)F)C1. The number of piperidine rings is 1. The number of hydrogen-bond acceptors (Lipinski definition) is 4. The van der Waals surface area contributed by atoms with Gasteiger partial charge in [-0.3, -0.25) is 19.8 Å². The maximum atomic E-state index is 12.2. The first kappa shape index (κ1) is 23.2. The van der Waals surface area contributed by atoms with E-state index in [0.29, 0.717) is 19.6 Å². The summed E-state index contributed by atoms with van der Waals surface area (Å²) in [5.41, 5.74) is 0. The van der Waals surface area contributed by atoms with Crippen molar-refractivity contribution in [3.8, 4) is 0 Å². The maximum Gasteiger partial charge on any atom is 0.405 e. The summed E-state index contributed by atoms with van der Waals surface area (Å²) >= 11 is 0. The standard InChI is InChI=1S/C17H29F3N4O3/c1-2-3-4-5-8-21-15(26)13-7-6-9-24(10-13)11-14(25)23-16(27)22-12-17(18,19)20/h13H,2-12H2,1H3,(H,21,26)(H2,22,23,25,27). The van der Waals surface area contributed by atoms with E-state index in [9.17, 15) is 27.6 Å². The third kappa shape index (κ3) is 10.8. The normalized spacial score (nSPS) is 18.0. The lowest BCUT2D eigenvalue weighted by molar-refractivity contribution is -0.128. The van der Waals surface area contributed by atoms with Crippen LogP contribution in [0.3, 0.4) is 0 Å². The molecule has 4 amide bonds. The molecular formula is C17H29F3N4O3. The molecule has 0 radical (unpaired) electrons. The molecule has 0 aliphatic carbocycles. The summed E-state index contributed by atoms with van der Waals surface area (Å²) in [5.74, 6) is -0.966. The van der Waals surface area contributed by atoms with Crippen LogP contribution in [0.25, 0.3) is 0 Å². The molecule has 27 heavy (non-hydrogen) atoms. The van der Waals surface area contributed by atoms with Crippen LogP contribution in [0, 0.1) is 5.92 Å². The van der Waals surface area contributed by atoms with Gasteiger partial charge in [-0.1, -0.05) is 26.2 Å². The highest BCUT2D eigenvalue weighted by Crippen LogP contribution is 2.16. The van der Waals surface area contributed by atoms with E-state index in [4.69, 9.17) is 0 Å². The summed E-state index contributed by atoms with van der Waals surface area (Å²) in [4.78, 5) is 37.0. The third-order valence-electron chi connectivity index (χ3n) is 4.28. The van der Waals surface area contributed by atoms with Gasteiger partial charge in [0.05, 0.1) is 12.5 Å². The summed E-state index contributed by atoms with van der Waals surface area (Å²) in [5, 5.41) is 6.35. The first-order chi connectivity index (χ1) is 12.7. The van der Waals surface area contributed by atoms with Crippen LogP contribution in [-0.2, 0) is 9.59 Å². The van der Waals surface area contributed by atoms with E-state index in [1.807, 2.05) is 5.32 Å². The van der Waals surface area contributed by atoms with Crippen molar-refractivity contribution in [3.05, 3.63) is 0 Å². The Balaban J connectivity index is 2.30. The molecule has 10 heteroatoms. The first-order valence-corrected chi connectivity index (χ1v) is 9.35. The number of hydrogen-bond donors (Lipinski definition) is 3. The lowest BCUT2D eigenvalue weighted by atomic mass is 9.97. The van der Waals surface area contributed by atoms with Crippen LogP contribution >= 0.6 is 0 Å². The molecule has 1 aliphatic heterocycles. The Morgan fingerprint density at radius 1 is 1.11 bits per heavy atom. The van der Waals surface area contributed by atoms with Crippen molar-refractivity contribution in [1.29, 1.82) is 0 Å². The van der Waals surface area contributed by atoms with E-state index in [2.05, 4.69) is 12.2 Å². The number of carbonyl (C=O) groups is 3.